The number of nitrogens with one attached hydrogen (secondary N) is 1. The van der Waals surface area contributed by atoms with Gasteiger partial charge in [-0.25, -0.2) is 0 Å². The minimum Gasteiger partial charge on any atom is -0.497 e. The summed E-state index contributed by atoms with van der Waals surface area (Å²) in [6.45, 7) is 4.00. The van der Waals surface area contributed by atoms with Crippen molar-refractivity contribution < 1.29 is 19.4 Å². The summed E-state index contributed by atoms with van der Waals surface area (Å²) in [4.78, 5) is 16.3. The van der Waals surface area contributed by atoms with Crippen molar-refractivity contribution in [3.8, 4) is 17.2 Å². The van der Waals surface area contributed by atoms with E-state index < -0.39 is 5.41 Å². The van der Waals surface area contributed by atoms with Gasteiger partial charge < -0.3 is 19.9 Å². The maximum atomic E-state index is 14.1. The number of carbonyl (C=O) groups is 1. The summed E-state index contributed by atoms with van der Waals surface area (Å²) in [5.41, 5.74) is 1.76. The highest BCUT2D eigenvalue weighted by Crippen LogP contribution is 2.48. The van der Waals surface area contributed by atoms with Gasteiger partial charge in [-0.1, -0.05) is 48.5 Å². The SMILES string of the molecule is COc1ccc([C@@H](CN2CCC(O)C2)NC(=O)C2(C)c3ccccc3Oc3ccccc32)cc1. The number of likely N-dealkylation sites (tertiary alicyclic amines) is 1. The highest BCUT2D eigenvalue weighted by Gasteiger charge is 2.45. The Morgan fingerprint density at radius 1 is 1.09 bits per heavy atom. The number of fused-ring (bicyclic) bond motifs is 2. The van der Waals surface area contributed by atoms with Gasteiger partial charge in [-0.2, -0.15) is 0 Å². The van der Waals surface area contributed by atoms with E-state index in [2.05, 4.69) is 10.2 Å². The molecule has 2 atom stereocenters. The first-order valence-electron chi connectivity index (χ1n) is 11.7. The maximum Gasteiger partial charge on any atom is 0.235 e. The van der Waals surface area contributed by atoms with E-state index in [4.69, 9.17) is 9.47 Å². The van der Waals surface area contributed by atoms with Gasteiger partial charge in [-0.3, -0.25) is 9.69 Å². The molecule has 1 fully saturated rings. The monoisotopic (exact) mass is 458 g/mol. The van der Waals surface area contributed by atoms with E-state index in [0.717, 1.165) is 35.4 Å². The van der Waals surface area contributed by atoms with Gasteiger partial charge in [-0.05, 0) is 43.2 Å². The van der Waals surface area contributed by atoms with Crippen molar-refractivity contribution in [3.63, 3.8) is 0 Å². The highest BCUT2D eigenvalue weighted by atomic mass is 16.5. The van der Waals surface area contributed by atoms with Crippen molar-refractivity contribution in [1.29, 1.82) is 0 Å². The lowest BCUT2D eigenvalue weighted by Gasteiger charge is -2.37. The summed E-state index contributed by atoms with van der Waals surface area (Å²) in [5, 5.41) is 13.4. The Kier molecular flexibility index (Phi) is 6.02. The van der Waals surface area contributed by atoms with Crippen LogP contribution in [0.4, 0.5) is 0 Å². The van der Waals surface area contributed by atoms with Gasteiger partial charge in [-0.15, -0.1) is 0 Å². The molecular formula is C28H30N2O4. The normalized spacial score (nSPS) is 19.4. The van der Waals surface area contributed by atoms with Crippen LogP contribution in [0.25, 0.3) is 0 Å². The second-order valence-corrected chi connectivity index (χ2v) is 9.22. The zero-order valence-electron chi connectivity index (χ0n) is 19.5. The smallest absolute Gasteiger partial charge is 0.235 e. The molecule has 0 radical (unpaired) electrons. The van der Waals surface area contributed by atoms with E-state index in [-0.39, 0.29) is 18.1 Å². The predicted octanol–water partition coefficient (Wildman–Crippen LogP) is 4.03. The number of aliphatic hydroxyl groups excluding tert-OH is 1. The molecule has 0 spiro atoms. The molecule has 2 N–H and O–H groups in total. The molecule has 2 aliphatic rings. The third kappa shape index (κ3) is 4.04. The fourth-order valence-electron chi connectivity index (χ4n) is 5.06. The molecule has 34 heavy (non-hydrogen) atoms. The number of para-hydroxylation sites is 2. The lowest BCUT2D eigenvalue weighted by Crippen LogP contribution is -2.48. The number of nitrogens with zero attached hydrogens (tertiary/aromatic N) is 1. The number of hydrogen-bond acceptors (Lipinski definition) is 5. The van der Waals surface area contributed by atoms with Crippen molar-refractivity contribution in [2.45, 2.75) is 30.9 Å². The number of benzene rings is 3. The first kappa shape index (κ1) is 22.4. The van der Waals surface area contributed by atoms with Gasteiger partial charge in [0.15, 0.2) is 0 Å². The van der Waals surface area contributed by atoms with Crippen LogP contribution in [0.3, 0.4) is 0 Å². The summed E-state index contributed by atoms with van der Waals surface area (Å²) in [7, 11) is 1.64. The Labute approximate surface area is 200 Å². The molecule has 1 saturated heterocycles. The molecule has 2 heterocycles. The van der Waals surface area contributed by atoms with Crippen LogP contribution in [0.1, 0.15) is 36.1 Å². The quantitative estimate of drug-likeness (QED) is 0.584. The number of aliphatic hydroxyl groups is 1. The third-order valence-electron chi connectivity index (χ3n) is 7.04. The molecule has 1 amide bonds. The Bertz CT molecular complexity index is 1130. The fraction of sp³-hybridized carbons (Fsp3) is 0.321. The number of hydrogen-bond donors (Lipinski definition) is 2. The summed E-state index contributed by atoms with van der Waals surface area (Å²) < 4.78 is 11.4. The molecule has 6 nitrogen and oxygen atoms in total. The van der Waals surface area contributed by atoms with Crippen molar-refractivity contribution in [2.75, 3.05) is 26.7 Å². The van der Waals surface area contributed by atoms with E-state index in [1.165, 1.54) is 0 Å². The zero-order valence-corrected chi connectivity index (χ0v) is 19.5. The molecule has 2 aliphatic heterocycles. The minimum atomic E-state index is -0.916. The summed E-state index contributed by atoms with van der Waals surface area (Å²) in [6, 6.07) is 23.0. The van der Waals surface area contributed by atoms with E-state index in [9.17, 15) is 9.90 Å². The maximum absolute atomic E-state index is 14.1. The molecule has 3 aromatic carbocycles. The van der Waals surface area contributed by atoms with Crippen LogP contribution in [-0.4, -0.2) is 48.8 Å². The first-order chi connectivity index (χ1) is 16.5. The molecule has 6 heteroatoms. The lowest BCUT2D eigenvalue weighted by molar-refractivity contribution is -0.126. The van der Waals surface area contributed by atoms with Crippen LogP contribution in [0, 0.1) is 0 Å². The van der Waals surface area contributed by atoms with Gasteiger partial charge in [0, 0.05) is 30.8 Å². The van der Waals surface area contributed by atoms with Gasteiger partial charge in [0.1, 0.15) is 22.7 Å². The zero-order chi connectivity index (χ0) is 23.7. The van der Waals surface area contributed by atoms with E-state index in [1.807, 2.05) is 79.7 Å². The van der Waals surface area contributed by atoms with E-state index in [0.29, 0.717) is 24.6 Å². The molecule has 0 aromatic heterocycles. The van der Waals surface area contributed by atoms with Crippen LogP contribution < -0.4 is 14.8 Å². The predicted molar refractivity (Wildman–Crippen MR) is 130 cm³/mol. The second-order valence-electron chi connectivity index (χ2n) is 9.22. The largest absolute Gasteiger partial charge is 0.497 e. The number of amides is 1. The van der Waals surface area contributed by atoms with Gasteiger partial charge in [0.2, 0.25) is 5.91 Å². The topological polar surface area (TPSA) is 71.0 Å². The van der Waals surface area contributed by atoms with Gasteiger partial charge in [0.25, 0.3) is 0 Å². The average molecular weight is 459 g/mol. The Morgan fingerprint density at radius 3 is 2.26 bits per heavy atom. The molecular weight excluding hydrogens is 428 g/mol. The Morgan fingerprint density at radius 2 is 1.71 bits per heavy atom. The Hall–Kier alpha value is -3.35. The summed E-state index contributed by atoms with van der Waals surface area (Å²) >= 11 is 0. The van der Waals surface area contributed by atoms with Crippen molar-refractivity contribution in [1.82, 2.24) is 10.2 Å². The van der Waals surface area contributed by atoms with Crippen LogP contribution in [-0.2, 0) is 10.2 Å². The van der Waals surface area contributed by atoms with E-state index in [1.54, 1.807) is 7.11 Å². The van der Waals surface area contributed by atoms with Crippen molar-refractivity contribution >= 4 is 5.91 Å². The van der Waals surface area contributed by atoms with Crippen LogP contribution in [0.15, 0.2) is 72.8 Å². The lowest BCUT2D eigenvalue weighted by atomic mass is 9.73. The first-order valence-corrected chi connectivity index (χ1v) is 11.7. The molecule has 1 unspecified atom stereocenters. The molecule has 3 aromatic rings. The summed E-state index contributed by atoms with van der Waals surface area (Å²) in [5.74, 6) is 2.07. The molecule has 5 rings (SSSR count). The second kappa shape index (κ2) is 9.12. The van der Waals surface area contributed by atoms with Crippen LogP contribution in [0.2, 0.25) is 0 Å². The van der Waals surface area contributed by atoms with Crippen LogP contribution >= 0.6 is 0 Å². The summed E-state index contributed by atoms with van der Waals surface area (Å²) in [6.07, 6.45) is 0.429. The fourth-order valence-corrected chi connectivity index (χ4v) is 5.06. The van der Waals surface area contributed by atoms with Gasteiger partial charge >= 0.3 is 0 Å². The average Bonchev–Trinajstić information content (AvgIpc) is 3.28. The number of methoxy groups -OCH3 is 1. The molecule has 0 aliphatic carbocycles. The van der Waals surface area contributed by atoms with Gasteiger partial charge in [0.05, 0.1) is 19.3 Å². The molecule has 176 valence electrons. The van der Waals surface area contributed by atoms with Crippen molar-refractivity contribution in [3.05, 3.63) is 89.5 Å². The number of β-amino-alcohol motifs (C(OH)–C–C–N with tert-alkyl or cyclic N) is 1. The molecule has 0 saturated carbocycles. The highest BCUT2D eigenvalue weighted by molar-refractivity contribution is 5.94. The minimum absolute atomic E-state index is 0.0868. The standard InChI is InChI=1S/C28H30N2O4/c1-28(22-7-3-5-9-25(22)34-26-10-6-4-8-23(26)28)27(32)29-24(18-30-16-15-20(31)17-30)19-11-13-21(33-2)14-12-19/h3-14,20,24,31H,15-18H2,1-2H3,(H,29,32)/t20?,24-/m1/s1. The van der Waals surface area contributed by atoms with Crippen LogP contribution in [0.5, 0.6) is 17.2 Å². The molecule has 0 bridgehead atoms. The number of ether oxygens (including phenoxy) is 2. The Balaban J connectivity index is 1.50. The third-order valence-corrected chi connectivity index (χ3v) is 7.04. The number of rotatable bonds is 6. The van der Waals surface area contributed by atoms with Crippen molar-refractivity contribution in [2.24, 2.45) is 0 Å². The number of carbonyl (C=O) groups excluding carboxylic acids is 1. The van der Waals surface area contributed by atoms with E-state index >= 15 is 0 Å².